The Morgan fingerprint density at radius 1 is 1.39 bits per heavy atom. The summed E-state index contributed by atoms with van der Waals surface area (Å²) in [6.07, 6.45) is 3.71. The van der Waals surface area contributed by atoms with Crippen LogP contribution in [-0.4, -0.2) is 21.5 Å². The van der Waals surface area contributed by atoms with Crippen molar-refractivity contribution in [1.29, 1.82) is 0 Å². The number of aliphatic hydroxyl groups excluding tert-OH is 1. The summed E-state index contributed by atoms with van der Waals surface area (Å²) in [5.41, 5.74) is 1.55. The van der Waals surface area contributed by atoms with E-state index in [9.17, 15) is 5.11 Å². The zero-order valence-electron chi connectivity index (χ0n) is 10.7. The van der Waals surface area contributed by atoms with Gasteiger partial charge in [-0.05, 0) is 12.5 Å². The second-order valence-corrected chi connectivity index (χ2v) is 4.24. The Balaban J connectivity index is 2.26. The van der Waals surface area contributed by atoms with Crippen LogP contribution in [0.15, 0.2) is 36.7 Å². The molecule has 96 valence electrons. The summed E-state index contributed by atoms with van der Waals surface area (Å²) in [6, 6.07) is 7.56. The summed E-state index contributed by atoms with van der Waals surface area (Å²) in [4.78, 5) is 0. The van der Waals surface area contributed by atoms with Crippen LogP contribution in [0.4, 0.5) is 0 Å². The van der Waals surface area contributed by atoms with E-state index >= 15 is 0 Å². The maximum atomic E-state index is 10.4. The molecule has 4 heteroatoms. The van der Waals surface area contributed by atoms with Gasteiger partial charge in [-0.25, -0.2) is 0 Å². The quantitative estimate of drug-likeness (QED) is 0.880. The highest BCUT2D eigenvalue weighted by molar-refractivity contribution is 5.39. The van der Waals surface area contributed by atoms with Crippen molar-refractivity contribution in [3.05, 3.63) is 47.8 Å². The fraction of sp³-hybridized carbons (Fsp3) is 0.357. The van der Waals surface area contributed by atoms with Gasteiger partial charge in [0, 0.05) is 24.4 Å². The number of benzene rings is 1. The van der Waals surface area contributed by atoms with Crippen LogP contribution in [0.2, 0.25) is 0 Å². The zero-order chi connectivity index (χ0) is 13.0. The van der Waals surface area contributed by atoms with Crippen molar-refractivity contribution in [3.8, 4) is 5.75 Å². The third kappa shape index (κ3) is 2.71. The van der Waals surface area contributed by atoms with Crippen molar-refractivity contribution in [2.75, 3.05) is 6.61 Å². The predicted octanol–water partition coefficient (Wildman–Crippen LogP) is 2.29. The third-order valence-corrected chi connectivity index (χ3v) is 2.72. The predicted molar refractivity (Wildman–Crippen MR) is 69.5 cm³/mol. The molecule has 1 aromatic heterocycles. The Kier molecular flexibility index (Phi) is 3.99. The van der Waals surface area contributed by atoms with Gasteiger partial charge in [0.2, 0.25) is 0 Å². The van der Waals surface area contributed by atoms with Gasteiger partial charge in [0.05, 0.1) is 12.8 Å². The van der Waals surface area contributed by atoms with Crippen LogP contribution in [0.1, 0.15) is 30.6 Å². The number of ether oxygens (including phenoxy) is 1. The molecule has 0 fully saturated rings. The van der Waals surface area contributed by atoms with Crippen molar-refractivity contribution in [2.45, 2.75) is 19.4 Å². The number of para-hydroxylation sites is 1. The number of nitrogens with zero attached hydrogens (tertiary/aromatic N) is 2. The number of aliphatic hydroxyl groups is 1. The number of aromatic nitrogens is 2. The SMILES string of the molecule is CCCOc1ccccc1C(O)c1cnn(C)c1. The maximum absolute atomic E-state index is 10.4. The topological polar surface area (TPSA) is 47.3 Å². The van der Waals surface area contributed by atoms with Gasteiger partial charge in [0.25, 0.3) is 0 Å². The van der Waals surface area contributed by atoms with Gasteiger partial charge in [-0.1, -0.05) is 25.1 Å². The largest absolute Gasteiger partial charge is 0.493 e. The number of hydrogen-bond donors (Lipinski definition) is 1. The number of aryl methyl sites for hydroxylation is 1. The summed E-state index contributed by atoms with van der Waals surface area (Å²) < 4.78 is 7.32. The zero-order valence-corrected chi connectivity index (χ0v) is 10.7. The van der Waals surface area contributed by atoms with Crippen LogP contribution in [-0.2, 0) is 7.05 Å². The van der Waals surface area contributed by atoms with Crippen LogP contribution in [0.25, 0.3) is 0 Å². The molecular weight excluding hydrogens is 228 g/mol. The molecule has 4 nitrogen and oxygen atoms in total. The van der Waals surface area contributed by atoms with Crippen LogP contribution < -0.4 is 4.74 Å². The molecule has 2 aromatic rings. The lowest BCUT2D eigenvalue weighted by molar-refractivity contribution is 0.210. The summed E-state index contributed by atoms with van der Waals surface area (Å²) in [5.74, 6) is 0.732. The molecule has 0 saturated carbocycles. The minimum atomic E-state index is -0.702. The summed E-state index contributed by atoms with van der Waals surface area (Å²) in [5, 5.41) is 14.4. The molecule has 0 aliphatic rings. The molecule has 18 heavy (non-hydrogen) atoms. The third-order valence-electron chi connectivity index (χ3n) is 2.72. The van der Waals surface area contributed by atoms with Crippen molar-refractivity contribution in [2.24, 2.45) is 7.05 Å². The molecule has 1 heterocycles. The normalized spacial score (nSPS) is 12.4. The standard InChI is InChI=1S/C14H18N2O2/c1-3-8-18-13-7-5-4-6-12(13)14(17)11-9-15-16(2)10-11/h4-7,9-10,14,17H,3,8H2,1-2H3. The van der Waals surface area contributed by atoms with E-state index < -0.39 is 6.10 Å². The summed E-state index contributed by atoms with van der Waals surface area (Å²) in [6.45, 7) is 2.71. The molecule has 0 saturated heterocycles. The van der Waals surface area contributed by atoms with Crippen molar-refractivity contribution < 1.29 is 9.84 Å². The van der Waals surface area contributed by atoms with E-state index in [-0.39, 0.29) is 0 Å². The van der Waals surface area contributed by atoms with E-state index in [0.29, 0.717) is 6.61 Å². The smallest absolute Gasteiger partial charge is 0.125 e. The Morgan fingerprint density at radius 2 is 2.17 bits per heavy atom. The van der Waals surface area contributed by atoms with E-state index in [2.05, 4.69) is 12.0 Å². The van der Waals surface area contributed by atoms with Crippen molar-refractivity contribution in [3.63, 3.8) is 0 Å². The molecule has 1 atom stereocenters. The van der Waals surface area contributed by atoms with E-state index in [1.807, 2.05) is 31.3 Å². The number of hydrogen-bond acceptors (Lipinski definition) is 3. The van der Waals surface area contributed by atoms with Crippen molar-refractivity contribution >= 4 is 0 Å². The Morgan fingerprint density at radius 3 is 2.83 bits per heavy atom. The molecule has 0 amide bonds. The molecule has 1 unspecified atom stereocenters. The van der Waals surface area contributed by atoms with Crippen LogP contribution in [0.5, 0.6) is 5.75 Å². The highest BCUT2D eigenvalue weighted by atomic mass is 16.5. The van der Waals surface area contributed by atoms with Crippen LogP contribution >= 0.6 is 0 Å². The first-order valence-corrected chi connectivity index (χ1v) is 6.10. The molecule has 1 N–H and O–H groups in total. The highest BCUT2D eigenvalue weighted by Crippen LogP contribution is 2.29. The van der Waals surface area contributed by atoms with Gasteiger partial charge in [0.1, 0.15) is 11.9 Å². The fourth-order valence-electron chi connectivity index (χ4n) is 1.81. The summed E-state index contributed by atoms with van der Waals surface area (Å²) >= 11 is 0. The first kappa shape index (κ1) is 12.6. The molecule has 0 bridgehead atoms. The molecule has 2 rings (SSSR count). The minimum Gasteiger partial charge on any atom is -0.493 e. The van der Waals surface area contributed by atoms with Crippen LogP contribution in [0, 0.1) is 0 Å². The second kappa shape index (κ2) is 5.69. The lowest BCUT2D eigenvalue weighted by atomic mass is 10.0. The van der Waals surface area contributed by atoms with E-state index in [4.69, 9.17) is 4.74 Å². The van der Waals surface area contributed by atoms with Crippen molar-refractivity contribution in [1.82, 2.24) is 9.78 Å². The van der Waals surface area contributed by atoms with Gasteiger partial charge in [-0.3, -0.25) is 4.68 Å². The van der Waals surface area contributed by atoms with Gasteiger partial charge < -0.3 is 9.84 Å². The second-order valence-electron chi connectivity index (χ2n) is 4.24. The van der Waals surface area contributed by atoms with Gasteiger partial charge in [-0.2, -0.15) is 5.10 Å². The molecular formula is C14H18N2O2. The van der Waals surface area contributed by atoms with E-state index in [1.165, 1.54) is 0 Å². The Bertz CT molecular complexity index is 508. The average molecular weight is 246 g/mol. The summed E-state index contributed by atoms with van der Waals surface area (Å²) in [7, 11) is 1.83. The molecule has 1 aromatic carbocycles. The molecule has 0 aliphatic carbocycles. The fourth-order valence-corrected chi connectivity index (χ4v) is 1.81. The van der Waals surface area contributed by atoms with E-state index in [1.54, 1.807) is 17.1 Å². The van der Waals surface area contributed by atoms with Gasteiger partial charge in [0.15, 0.2) is 0 Å². The lowest BCUT2D eigenvalue weighted by Crippen LogP contribution is -2.04. The van der Waals surface area contributed by atoms with Gasteiger partial charge >= 0.3 is 0 Å². The molecule has 0 radical (unpaired) electrons. The monoisotopic (exact) mass is 246 g/mol. The van der Waals surface area contributed by atoms with E-state index in [0.717, 1.165) is 23.3 Å². The molecule has 0 aliphatic heterocycles. The number of rotatable bonds is 5. The van der Waals surface area contributed by atoms with Crippen LogP contribution in [0.3, 0.4) is 0 Å². The molecule has 0 spiro atoms. The average Bonchev–Trinajstić information content (AvgIpc) is 2.82. The maximum Gasteiger partial charge on any atom is 0.125 e. The Hall–Kier alpha value is -1.81. The Labute approximate surface area is 107 Å². The first-order chi connectivity index (χ1) is 8.72. The minimum absolute atomic E-state index is 0.650. The lowest BCUT2D eigenvalue weighted by Gasteiger charge is -2.14. The van der Waals surface area contributed by atoms with Gasteiger partial charge in [-0.15, -0.1) is 0 Å². The highest BCUT2D eigenvalue weighted by Gasteiger charge is 2.16. The first-order valence-electron chi connectivity index (χ1n) is 6.10.